The van der Waals surface area contributed by atoms with Gasteiger partial charge >= 0.3 is 5.97 Å². The van der Waals surface area contributed by atoms with Gasteiger partial charge in [-0.3, -0.25) is 4.79 Å². The molecule has 5 rings (SSSR count). The van der Waals surface area contributed by atoms with E-state index in [-0.39, 0.29) is 41.3 Å². The zero-order chi connectivity index (χ0) is 21.5. The fraction of sp³-hybridized carbons (Fsp3) is 0.833. The van der Waals surface area contributed by atoms with E-state index in [1.807, 2.05) is 0 Å². The minimum atomic E-state index is -1.19. The van der Waals surface area contributed by atoms with Gasteiger partial charge in [0.25, 0.3) is 0 Å². The Balaban J connectivity index is 1.54. The van der Waals surface area contributed by atoms with Crippen LogP contribution in [0.15, 0.2) is 11.6 Å². The molecule has 6 nitrogen and oxygen atoms in total. The molecule has 3 N–H and O–H groups in total. The fourth-order valence-corrected chi connectivity index (χ4v) is 8.79. The summed E-state index contributed by atoms with van der Waals surface area (Å²) in [4.78, 5) is 24.8. The van der Waals surface area contributed by atoms with Crippen LogP contribution in [0.25, 0.3) is 0 Å². The Morgan fingerprint density at radius 2 is 1.80 bits per heavy atom. The molecule has 1 heterocycles. The summed E-state index contributed by atoms with van der Waals surface area (Å²) in [6, 6.07) is 0. The van der Waals surface area contributed by atoms with Crippen molar-refractivity contribution in [3.05, 3.63) is 11.6 Å². The highest BCUT2D eigenvalue weighted by Crippen LogP contribution is 2.70. The Morgan fingerprint density at radius 1 is 1.07 bits per heavy atom. The third-order valence-corrected chi connectivity index (χ3v) is 10.2. The number of aliphatic hydroxyl groups excluding tert-OH is 1. The van der Waals surface area contributed by atoms with Crippen LogP contribution in [0.3, 0.4) is 0 Å². The summed E-state index contributed by atoms with van der Waals surface area (Å²) in [5, 5.41) is 34.1. The first-order chi connectivity index (χ1) is 14.1. The number of ether oxygens (including phenoxy) is 1. The maximum Gasteiger partial charge on any atom is 0.331 e. The normalized spacial score (nSPS) is 52.7. The maximum absolute atomic E-state index is 13.1. The highest BCUT2D eigenvalue weighted by Gasteiger charge is 2.72. The van der Waals surface area contributed by atoms with Gasteiger partial charge < -0.3 is 20.1 Å². The molecule has 0 aromatic carbocycles. The number of carbonyl (C=O) groups is 2. The Labute approximate surface area is 177 Å². The van der Waals surface area contributed by atoms with Crippen LogP contribution in [0.2, 0.25) is 0 Å². The predicted molar refractivity (Wildman–Crippen MR) is 108 cm³/mol. The number of esters is 1. The monoisotopic (exact) mass is 418 g/mol. The molecule has 0 aromatic rings. The maximum atomic E-state index is 13.1. The Hall–Kier alpha value is -1.24. The van der Waals surface area contributed by atoms with Gasteiger partial charge in [0.2, 0.25) is 0 Å². The van der Waals surface area contributed by atoms with Crippen LogP contribution in [0.4, 0.5) is 0 Å². The summed E-state index contributed by atoms with van der Waals surface area (Å²) in [7, 11) is 0. The Bertz CT molecular complexity index is 821. The van der Waals surface area contributed by atoms with Gasteiger partial charge in [-0.1, -0.05) is 6.92 Å². The molecule has 0 radical (unpaired) electrons. The second-order valence-corrected chi connectivity index (χ2v) is 11.0. The van der Waals surface area contributed by atoms with E-state index in [4.69, 9.17) is 4.74 Å². The second kappa shape index (κ2) is 6.39. The summed E-state index contributed by atoms with van der Waals surface area (Å²) in [6.45, 7) is 4.06. The molecule has 30 heavy (non-hydrogen) atoms. The van der Waals surface area contributed by atoms with Crippen molar-refractivity contribution in [2.24, 2.45) is 28.6 Å². The molecule has 0 amide bonds. The van der Waals surface area contributed by atoms with Crippen LogP contribution in [0, 0.1) is 28.6 Å². The summed E-state index contributed by atoms with van der Waals surface area (Å²) < 4.78 is 5.17. The van der Waals surface area contributed by atoms with Crippen molar-refractivity contribution >= 4 is 11.8 Å². The molecule has 6 heteroatoms. The van der Waals surface area contributed by atoms with Gasteiger partial charge in [-0.2, -0.15) is 0 Å². The van der Waals surface area contributed by atoms with E-state index in [1.54, 1.807) is 13.0 Å². The Kier molecular flexibility index (Phi) is 4.40. The van der Waals surface area contributed by atoms with Gasteiger partial charge in [0.1, 0.15) is 12.4 Å². The summed E-state index contributed by atoms with van der Waals surface area (Å²) in [5.74, 6) is -0.312. The molecule has 5 aliphatic rings. The first-order valence-corrected chi connectivity index (χ1v) is 11.6. The van der Waals surface area contributed by atoms with E-state index in [0.717, 1.165) is 24.8 Å². The number of rotatable bonds is 2. The Morgan fingerprint density at radius 3 is 2.47 bits per heavy atom. The van der Waals surface area contributed by atoms with Gasteiger partial charge in [-0.25, -0.2) is 4.79 Å². The third-order valence-electron chi connectivity index (χ3n) is 10.2. The average Bonchev–Trinajstić information content (AvgIpc) is 3.21. The number of hydrogen-bond donors (Lipinski definition) is 3. The molecule has 4 fully saturated rings. The highest BCUT2D eigenvalue weighted by atomic mass is 16.5. The van der Waals surface area contributed by atoms with Gasteiger partial charge in [0.15, 0.2) is 0 Å². The lowest BCUT2D eigenvalue weighted by molar-refractivity contribution is -0.252. The van der Waals surface area contributed by atoms with Crippen molar-refractivity contribution in [2.45, 2.75) is 88.9 Å². The molecule has 4 saturated carbocycles. The minimum Gasteiger partial charge on any atom is -0.458 e. The molecule has 0 spiro atoms. The first kappa shape index (κ1) is 20.7. The topological polar surface area (TPSA) is 104 Å². The van der Waals surface area contributed by atoms with Gasteiger partial charge in [-0.05, 0) is 81.6 Å². The van der Waals surface area contributed by atoms with Crippen molar-refractivity contribution in [1.82, 2.24) is 0 Å². The van der Waals surface area contributed by atoms with E-state index in [0.29, 0.717) is 38.7 Å². The number of carbonyl (C=O) groups excluding carboxylic acids is 2. The molecule has 4 aliphatic carbocycles. The second-order valence-electron chi connectivity index (χ2n) is 11.0. The van der Waals surface area contributed by atoms with Crippen molar-refractivity contribution in [3.8, 4) is 0 Å². The van der Waals surface area contributed by atoms with Crippen LogP contribution in [-0.4, -0.2) is 51.0 Å². The molecule has 8 unspecified atom stereocenters. The SMILES string of the molecule is CC(=O)C12CCC(O)CC1(O)CCC1C2CCC2(C)C(C3=CC(=O)OC3)CCC12O. The fourth-order valence-electron chi connectivity index (χ4n) is 8.79. The van der Waals surface area contributed by atoms with E-state index in [1.165, 1.54) is 0 Å². The van der Waals surface area contributed by atoms with Gasteiger partial charge in [-0.15, -0.1) is 0 Å². The summed E-state index contributed by atoms with van der Waals surface area (Å²) >= 11 is 0. The quantitative estimate of drug-likeness (QED) is 0.595. The van der Waals surface area contributed by atoms with Gasteiger partial charge in [0, 0.05) is 17.9 Å². The lowest BCUT2D eigenvalue weighted by Crippen LogP contribution is -2.70. The zero-order valence-electron chi connectivity index (χ0n) is 18.0. The van der Waals surface area contributed by atoms with E-state index in [2.05, 4.69) is 6.92 Å². The smallest absolute Gasteiger partial charge is 0.331 e. The van der Waals surface area contributed by atoms with Crippen molar-refractivity contribution < 1.29 is 29.6 Å². The number of ketones is 1. The summed E-state index contributed by atoms with van der Waals surface area (Å²) in [6.07, 6.45) is 6.40. The van der Waals surface area contributed by atoms with Crippen LogP contribution in [0.5, 0.6) is 0 Å². The molecule has 0 saturated heterocycles. The molecular weight excluding hydrogens is 384 g/mol. The van der Waals surface area contributed by atoms with Crippen LogP contribution >= 0.6 is 0 Å². The zero-order valence-corrected chi connectivity index (χ0v) is 18.0. The number of Topliss-reactive ketones (excluding diaryl/α,β-unsaturated/α-hetero) is 1. The molecule has 0 bridgehead atoms. The number of fused-ring (bicyclic) bond motifs is 5. The number of hydrogen-bond acceptors (Lipinski definition) is 6. The van der Waals surface area contributed by atoms with E-state index in [9.17, 15) is 24.9 Å². The predicted octanol–water partition coefficient (Wildman–Crippen LogP) is 2.29. The average molecular weight is 419 g/mol. The molecule has 1 aliphatic heterocycles. The minimum absolute atomic E-state index is 0.00541. The number of cyclic esters (lactones) is 1. The largest absolute Gasteiger partial charge is 0.458 e. The summed E-state index contributed by atoms with van der Waals surface area (Å²) in [5.41, 5.74) is -2.36. The van der Waals surface area contributed by atoms with Crippen LogP contribution < -0.4 is 0 Å². The molecular formula is C24H34O6. The van der Waals surface area contributed by atoms with Crippen molar-refractivity contribution in [3.63, 3.8) is 0 Å². The molecule has 0 aromatic heterocycles. The number of aliphatic hydroxyl groups is 3. The third kappa shape index (κ3) is 2.36. The molecule has 166 valence electrons. The van der Waals surface area contributed by atoms with E-state index >= 15 is 0 Å². The van der Waals surface area contributed by atoms with E-state index < -0.39 is 22.7 Å². The highest BCUT2D eigenvalue weighted by molar-refractivity contribution is 5.85. The van der Waals surface area contributed by atoms with Crippen LogP contribution in [0.1, 0.15) is 71.6 Å². The lowest BCUT2D eigenvalue weighted by Gasteiger charge is -2.66. The van der Waals surface area contributed by atoms with Crippen LogP contribution in [-0.2, 0) is 14.3 Å². The lowest BCUT2D eigenvalue weighted by atomic mass is 9.40. The first-order valence-electron chi connectivity index (χ1n) is 11.6. The standard InChI is InChI=1S/C24H34O6/c1-14(25)23-9-3-16(26)12-22(23,28)8-5-19-18(23)4-7-21(2)17(6-10-24(19,21)29)15-11-20(27)30-13-15/h11,16-19,26,28-29H,3-10,12-13H2,1-2H3. The van der Waals surface area contributed by atoms with Crippen molar-refractivity contribution in [1.29, 1.82) is 0 Å². The van der Waals surface area contributed by atoms with Gasteiger partial charge in [0.05, 0.1) is 22.7 Å². The molecule has 8 atom stereocenters. The van der Waals surface area contributed by atoms with Crippen molar-refractivity contribution in [2.75, 3.05) is 6.61 Å².